The molecule has 1 aromatic heterocycles. The molecule has 0 saturated carbocycles. The molecule has 2 heterocycles. The third kappa shape index (κ3) is 3.73. The van der Waals surface area contributed by atoms with E-state index in [9.17, 15) is 4.79 Å². The van der Waals surface area contributed by atoms with Crippen molar-refractivity contribution in [1.29, 1.82) is 0 Å². The van der Waals surface area contributed by atoms with E-state index in [1.807, 2.05) is 26.8 Å². The summed E-state index contributed by atoms with van der Waals surface area (Å²) in [5, 5.41) is 0. The van der Waals surface area contributed by atoms with Crippen LogP contribution in [-0.4, -0.2) is 42.2 Å². The summed E-state index contributed by atoms with van der Waals surface area (Å²) in [6, 6.07) is 4.29. The fourth-order valence-electron chi connectivity index (χ4n) is 2.67. The largest absolute Gasteiger partial charge is 0.443 e. The SMILES string of the molecule is CN(C(=O)OC(C)(C)C)c1ncccc1C1CCCN1C. The smallest absolute Gasteiger partial charge is 0.415 e. The fraction of sp³-hybridized carbons (Fsp3) is 0.625. The number of aromatic nitrogens is 1. The molecule has 1 fully saturated rings. The Kier molecular flexibility index (Phi) is 4.52. The van der Waals surface area contributed by atoms with Gasteiger partial charge in [-0.05, 0) is 53.3 Å². The van der Waals surface area contributed by atoms with Crippen LogP contribution in [0.1, 0.15) is 45.2 Å². The molecule has 21 heavy (non-hydrogen) atoms. The summed E-state index contributed by atoms with van der Waals surface area (Å²) in [7, 11) is 3.83. The molecule has 0 aromatic carbocycles. The first-order valence-electron chi connectivity index (χ1n) is 7.41. The highest BCUT2D eigenvalue weighted by Gasteiger charge is 2.29. The van der Waals surface area contributed by atoms with Gasteiger partial charge < -0.3 is 4.74 Å². The number of carbonyl (C=O) groups is 1. The van der Waals surface area contributed by atoms with E-state index in [2.05, 4.69) is 23.0 Å². The minimum Gasteiger partial charge on any atom is -0.443 e. The van der Waals surface area contributed by atoms with Crippen LogP contribution in [0, 0.1) is 0 Å². The van der Waals surface area contributed by atoms with Crippen molar-refractivity contribution in [2.45, 2.75) is 45.3 Å². The number of nitrogens with zero attached hydrogens (tertiary/aromatic N) is 3. The molecule has 1 aliphatic rings. The zero-order valence-electron chi connectivity index (χ0n) is 13.6. The summed E-state index contributed by atoms with van der Waals surface area (Å²) < 4.78 is 5.43. The third-order valence-corrected chi connectivity index (χ3v) is 3.68. The van der Waals surface area contributed by atoms with Gasteiger partial charge in [0.1, 0.15) is 11.4 Å². The van der Waals surface area contributed by atoms with Gasteiger partial charge in [0.05, 0.1) is 0 Å². The van der Waals surface area contributed by atoms with E-state index in [4.69, 9.17) is 4.74 Å². The molecule has 5 nitrogen and oxygen atoms in total. The Balaban J connectivity index is 2.25. The van der Waals surface area contributed by atoms with Crippen LogP contribution in [-0.2, 0) is 4.74 Å². The first kappa shape index (κ1) is 15.8. The molecule has 0 aliphatic carbocycles. The van der Waals surface area contributed by atoms with Gasteiger partial charge in [-0.3, -0.25) is 9.80 Å². The number of anilines is 1. The topological polar surface area (TPSA) is 45.7 Å². The zero-order valence-corrected chi connectivity index (χ0v) is 13.6. The predicted octanol–water partition coefficient (Wildman–Crippen LogP) is 3.22. The molecule has 0 spiro atoms. The van der Waals surface area contributed by atoms with E-state index >= 15 is 0 Å². The summed E-state index contributed by atoms with van der Waals surface area (Å²) in [5.41, 5.74) is 0.579. The molecule has 1 amide bonds. The summed E-state index contributed by atoms with van der Waals surface area (Å²) in [6.45, 7) is 6.67. The van der Waals surface area contributed by atoms with Gasteiger partial charge in [0.25, 0.3) is 0 Å². The highest BCUT2D eigenvalue weighted by atomic mass is 16.6. The second-order valence-electron chi connectivity index (χ2n) is 6.59. The zero-order chi connectivity index (χ0) is 15.6. The van der Waals surface area contributed by atoms with Gasteiger partial charge >= 0.3 is 6.09 Å². The minimum absolute atomic E-state index is 0.318. The van der Waals surface area contributed by atoms with Crippen molar-refractivity contribution >= 4 is 11.9 Å². The molecule has 1 saturated heterocycles. The Morgan fingerprint density at radius 3 is 2.76 bits per heavy atom. The van der Waals surface area contributed by atoms with Crippen molar-refractivity contribution in [1.82, 2.24) is 9.88 Å². The Hall–Kier alpha value is -1.62. The number of amides is 1. The van der Waals surface area contributed by atoms with E-state index in [1.165, 1.54) is 11.3 Å². The van der Waals surface area contributed by atoms with Gasteiger partial charge in [-0.2, -0.15) is 0 Å². The summed E-state index contributed by atoms with van der Waals surface area (Å²) in [6.07, 6.45) is 3.61. The summed E-state index contributed by atoms with van der Waals surface area (Å²) in [4.78, 5) is 20.5. The number of ether oxygens (including phenoxy) is 1. The molecular formula is C16H25N3O2. The molecular weight excluding hydrogens is 266 g/mol. The number of likely N-dealkylation sites (tertiary alicyclic amines) is 1. The van der Waals surface area contributed by atoms with Crippen molar-refractivity contribution in [3.05, 3.63) is 23.9 Å². The maximum atomic E-state index is 12.3. The van der Waals surface area contributed by atoms with Crippen molar-refractivity contribution in [2.75, 3.05) is 25.5 Å². The molecule has 1 unspecified atom stereocenters. The normalized spacial score (nSPS) is 19.6. The van der Waals surface area contributed by atoms with E-state index in [1.54, 1.807) is 13.2 Å². The van der Waals surface area contributed by atoms with Crippen LogP contribution in [0.15, 0.2) is 18.3 Å². The number of rotatable bonds is 2. The summed E-state index contributed by atoms with van der Waals surface area (Å²) in [5.74, 6) is 0.686. The molecule has 5 heteroatoms. The monoisotopic (exact) mass is 291 g/mol. The van der Waals surface area contributed by atoms with E-state index < -0.39 is 5.60 Å². The molecule has 0 N–H and O–H groups in total. The molecule has 1 aliphatic heterocycles. The Bertz CT molecular complexity index is 510. The van der Waals surface area contributed by atoms with Gasteiger partial charge in [0.2, 0.25) is 0 Å². The molecule has 1 aromatic rings. The number of pyridine rings is 1. The lowest BCUT2D eigenvalue weighted by Crippen LogP contribution is -2.35. The second-order valence-corrected chi connectivity index (χ2v) is 6.59. The lowest BCUT2D eigenvalue weighted by atomic mass is 10.1. The Morgan fingerprint density at radius 1 is 1.48 bits per heavy atom. The van der Waals surface area contributed by atoms with Gasteiger partial charge in [0, 0.05) is 24.8 Å². The maximum Gasteiger partial charge on any atom is 0.415 e. The van der Waals surface area contributed by atoms with Crippen molar-refractivity contribution in [2.24, 2.45) is 0 Å². The number of hydrogen-bond acceptors (Lipinski definition) is 4. The maximum absolute atomic E-state index is 12.3. The lowest BCUT2D eigenvalue weighted by Gasteiger charge is -2.28. The van der Waals surface area contributed by atoms with Gasteiger partial charge in [0.15, 0.2) is 0 Å². The number of carbonyl (C=O) groups excluding carboxylic acids is 1. The molecule has 2 rings (SSSR count). The molecule has 1 atom stereocenters. The van der Waals surface area contributed by atoms with E-state index in [0.717, 1.165) is 18.5 Å². The van der Waals surface area contributed by atoms with Crippen molar-refractivity contribution < 1.29 is 9.53 Å². The highest BCUT2D eigenvalue weighted by Crippen LogP contribution is 2.35. The van der Waals surface area contributed by atoms with Gasteiger partial charge in [-0.25, -0.2) is 9.78 Å². The second kappa shape index (κ2) is 6.02. The average molecular weight is 291 g/mol. The quantitative estimate of drug-likeness (QED) is 0.839. The molecule has 0 bridgehead atoms. The van der Waals surface area contributed by atoms with E-state index in [0.29, 0.717) is 11.9 Å². The Labute approximate surface area is 126 Å². The first-order chi connectivity index (χ1) is 9.79. The van der Waals surface area contributed by atoms with Crippen LogP contribution in [0.5, 0.6) is 0 Å². The standard InChI is InChI=1S/C16H25N3O2/c1-16(2,3)21-15(20)19(5)14-12(8-6-10-17-14)13-9-7-11-18(13)4/h6,8,10,13H,7,9,11H2,1-5H3. The van der Waals surface area contributed by atoms with Crippen molar-refractivity contribution in [3.63, 3.8) is 0 Å². The van der Waals surface area contributed by atoms with Gasteiger partial charge in [-0.1, -0.05) is 6.07 Å². The number of hydrogen-bond donors (Lipinski definition) is 0. The first-order valence-corrected chi connectivity index (χ1v) is 7.41. The van der Waals surface area contributed by atoms with Gasteiger partial charge in [-0.15, -0.1) is 0 Å². The fourth-order valence-corrected chi connectivity index (χ4v) is 2.67. The third-order valence-electron chi connectivity index (χ3n) is 3.68. The van der Waals surface area contributed by atoms with Crippen LogP contribution < -0.4 is 4.90 Å². The lowest BCUT2D eigenvalue weighted by molar-refractivity contribution is 0.0587. The Morgan fingerprint density at radius 2 is 2.19 bits per heavy atom. The van der Waals surface area contributed by atoms with Crippen LogP contribution in [0.25, 0.3) is 0 Å². The average Bonchev–Trinajstić information content (AvgIpc) is 2.82. The molecule has 0 radical (unpaired) electrons. The van der Waals surface area contributed by atoms with Crippen LogP contribution in [0.4, 0.5) is 10.6 Å². The van der Waals surface area contributed by atoms with Crippen LogP contribution in [0.2, 0.25) is 0 Å². The van der Waals surface area contributed by atoms with E-state index in [-0.39, 0.29) is 6.09 Å². The molecule has 116 valence electrons. The van der Waals surface area contributed by atoms with Crippen LogP contribution in [0.3, 0.4) is 0 Å². The predicted molar refractivity (Wildman–Crippen MR) is 83.5 cm³/mol. The summed E-state index contributed by atoms with van der Waals surface area (Å²) >= 11 is 0. The van der Waals surface area contributed by atoms with Crippen LogP contribution >= 0.6 is 0 Å². The van der Waals surface area contributed by atoms with Crippen molar-refractivity contribution in [3.8, 4) is 0 Å². The highest BCUT2D eigenvalue weighted by molar-refractivity contribution is 5.87. The minimum atomic E-state index is -0.509.